The Bertz CT molecular complexity index is 733. The van der Waals surface area contributed by atoms with Gasteiger partial charge in [-0.05, 0) is 31.2 Å². The molecule has 20 heavy (non-hydrogen) atoms. The Labute approximate surface area is 137 Å². The van der Waals surface area contributed by atoms with E-state index in [2.05, 4.69) is 5.10 Å². The maximum absolute atomic E-state index is 11.7. The number of nitrogens with one attached hydrogen (secondary N) is 1. The normalized spacial score (nSPS) is 10.9. The van der Waals surface area contributed by atoms with Crippen molar-refractivity contribution in [1.82, 2.24) is 9.78 Å². The summed E-state index contributed by atoms with van der Waals surface area (Å²) >= 11 is 0. The van der Waals surface area contributed by atoms with Crippen LogP contribution in [0, 0.1) is 0 Å². The number of rotatable bonds is 4. The first-order chi connectivity index (χ1) is 8.91. The van der Waals surface area contributed by atoms with Gasteiger partial charge in [-0.25, -0.2) is 4.68 Å². The summed E-state index contributed by atoms with van der Waals surface area (Å²) in [6.45, 7) is 2.21. The van der Waals surface area contributed by atoms with Gasteiger partial charge in [0.2, 0.25) is 5.88 Å². The zero-order chi connectivity index (χ0) is 14.0. The summed E-state index contributed by atoms with van der Waals surface area (Å²) in [5, 5.41) is 2.73. The van der Waals surface area contributed by atoms with Crippen LogP contribution in [0.1, 0.15) is 6.92 Å². The summed E-state index contributed by atoms with van der Waals surface area (Å²) in [4.78, 5) is 11.4. The van der Waals surface area contributed by atoms with Crippen LogP contribution in [0.4, 0.5) is 0 Å². The van der Waals surface area contributed by atoms with Gasteiger partial charge in [0.05, 0.1) is 23.3 Å². The molecule has 104 valence electrons. The number of hydrogen-bond donors (Lipinski definition) is 2. The summed E-state index contributed by atoms with van der Waals surface area (Å²) in [5.41, 5.74) is 0.103. The van der Waals surface area contributed by atoms with Gasteiger partial charge in [-0.3, -0.25) is 14.4 Å². The van der Waals surface area contributed by atoms with E-state index in [9.17, 15) is 13.2 Å². The summed E-state index contributed by atoms with van der Waals surface area (Å²) in [6.07, 6.45) is 0. The molecule has 1 aromatic carbocycles. The molecule has 0 saturated heterocycles. The Morgan fingerprint density at radius 2 is 1.90 bits per heavy atom. The van der Waals surface area contributed by atoms with E-state index in [0.29, 0.717) is 18.2 Å². The standard InChI is InChI=1S/C11H12N2O5S.Na.H/c1-2-18-10-7-11(14)13(12-10)8-3-5-9(6-4-8)19(15,16)17;;/h3-7,12H,2H2,1H3,(H,15,16,17);;. The Balaban J connectivity index is 0.00000200. The molecule has 0 aliphatic rings. The predicted molar refractivity (Wildman–Crippen MR) is 74.5 cm³/mol. The average Bonchev–Trinajstić information content (AvgIpc) is 2.70. The molecular weight excluding hydrogens is 295 g/mol. The van der Waals surface area contributed by atoms with Gasteiger partial charge in [0, 0.05) is 0 Å². The Hall–Kier alpha value is -1.06. The third-order valence-electron chi connectivity index (χ3n) is 2.39. The van der Waals surface area contributed by atoms with E-state index in [1.807, 2.05) is 0 Å². The first kappa shape index (κ1) is 17.0. The number of nitrogens with zero attached hydrogens (tertiary/aromatic N) is 1. The molecule has 0 saturated carbocycles. The maximum atomic E-state index is 11.7. The van der Waals surface area contributed by atoms with Gasteiger partial charge in [0.1, 0.15) is 0 Å². The van der Waals surface area contributed by atoms with Crippen molar-refractivity contribution >= 4 is 39.7 Å². The second kappa shape index (κ2) is 6.59. The second-order valence-corrected chi connectivity index (χ2v) is 5.12. The first-order valence-electron chi connectivity index (χ1n) is 5.44. The van der Waals surface area contributed by atoms with Crippen LogP contribution >= 0.6 is 0 Å². The number of aromatic amines is 1. The molecule has 0 fully saturated rings. The fourth-order valence-corrected chi connectivity index (χ4v) is 2.04. The summed E-state index contributed by atoms with van der Waals surface area (Å²) < 4.78 is 37.0. The van der Waals surface area contributed by atoms with Crippen LogP contribution in [0.25, 0.3) is 5.69 Å². The van der Waals surface area contributed by atoms with E-state index in [1.165, 1.54) is 35.0 Å². The monoisotopic (exact) mass is 308 g/mol. The molecule has 0 bridgehead atoms. The summed E-state index contributed by atoms with van der Waals surface area (Å²) in [7, 11) is -4.24. The number of hydrogen-bond acceptors (Lipinski definition) is 4. The van der Waals surface area contributed by atoms with Gasteiger partial charge in [0.25, 0.3) is 15.7 Å². The molecule has 2 rings (SSSR count). The number of aromatic nitrogens is 2. The van der Waals surface area contributed by atoms with Crippen LogP contribution in [0.2, 0.25) is 0 Å². The van der Waals surface area contributed by atoms with Gasteiger partial charge in [-0.15, -0.1) is 0 Å². The van der Waals surface area contributed by atoms with E-state index in [-0.39, 0.29) is 40.0 Å². The molecule has 0 amide bonds. The fraction of sp³-hybridized carbons (Fsp3) is 0.182. The minimum absolute atomic E-state index is 0. The predicted octanol–water partition coefficient (Wildman–Crippen LogP) is 0.162. The van der Waals surface area contributed by atoms with Gasteiger partial charge >= 0.3 is 29.6 Å². The molecule has 0 spiro atoms. The van der Waals surface area contributed by atoms with Crippen LogP contribution < -0.4 is 10.3 Å². The van der Waals surface area contributed by atoms with E-state index >= 15 is 0 Å². The molecule has 7 nitrogen and oxygen atoms in total. The molecular formula is C11H13N2NaO5S. The molecule has 0 aliphatic heterocycles. The van der Waals surface area contributed by atoms with Crippen molar-refractivity contribution in [3.8, 4) is 11.6 Å². The van der Waals surface area contributed by atoms with Crippen LogP contribution in [0.15, 0.2) is 40.0 Å². The molecule has 0 unspecified atom stereocenters. The minimum atomic E-state index is -4.24. The molecule has 9 heteroatoms. The van der Waals surface area contributed by atoms with Crippen LogP contribution in [0.5, 0.6) is 5.88 Å². The Morgan fingerprint density at radius 1 is 1.30 bits per heavy atom. The van der Waals surface area contributed by atoms with Crippen molar-refractivity contribution in [2.45, 2.75) is 11.8 Å². The number of H-pyrrole nitrogens is 1. The van der Waals surface area contributed by atoms with Crippen molar-refractivity contribution in [3.63, 3.8) is 0 Å². The molecule has 1 heterocycles. The Morgan fingerprint density at radius 3 is 2.40 bits per heavy atom. The van der Waals surface area contributed by atoms with E-state index < -0.39 is 10.1 Å². The first-order valence-corrected chi connectivity index (χ1v) is 6.88. The van der Waals surface area contributed by atoms with Gasteiger partial charge in [-0.2, -0.15) is 8.42 Å². The quantitative estimate of drug-likeness (QED) is 0.619. The van der Waals surface area contributed by atoms with Crippen molar-refractivity contribution in [3.05, 3.63) is 40.7 Å². The number of ether oxygens (including phenoxy) is 1. The van der Waals surface area contributed by atoms with Crippen LogP contribution in [0.3, 0.4) is 0 Å². The third kappa shape index (κ3) is 3.74. The zero-order valence-electron chi connectivity index (χ0n) is 10.0. The molecule has 2 N–H and O–H groups in total. The van der Waals surface area contributed by atoms with Crippen molar-refractivity contribution in [2.75, 3.05) is 6.61 Å². The van der Waals surface area contributed by atoms with Crippen LogP contribution in [-0.4, -0.2) is 58.9 Å². The molecule has 1 aromatic heterocycles. The van der Waals surface area contributed by atoms with E-state index in [4.69, 9.17) is 9.29 Å². The average molecular weight is 308 g/mol. The van der Waals surface area contributed by atoms with Gasteiger partial charge in [-0.1, -0.05) is 0 Å². The fourth-order valence-electron chi connectivity index (χ4n) is 1.56. The van der Waals surface area contributed by atoms with E-state index in [1.54, 1.807) is 6.92 Å². The molecule has 0 radical (unpaired) electrons. The summed E-state index contributed by atoms with van der Waals surface area (Å²) in [6, 6.07) is 6.50. The van der Waals surface area contributed by atoms with Gasteiger partial charge < -0.3 is 4.74 Å². The van der Waals surface area contributed by atoms with Gasteiger partial charge in [0.15, 0.2) is 0 Å². The number of benzene rings is 1. The van der Waals surface area contributed by atoms with Crippen molar-refractivity contribution in [1.29, 1.82) is 0 Å². The van der Waals surface area contributed by atoms with Crippen molar-refractivity contribution < 1.29 is 17.7 Å². The molecule has 0 aliphatic carbocycles. The van der Waals surface area contributed by atoms with Crippen LogP contribution in [-0.2, 0) is 10.1 Å². The third-order valence-corrected chi connectivity index (χ3v) is 3.26. The molecule has 2 aromatic rings. The second-order valence-electron chi connectivity index (χ2n) is 3.70. The van der Waals surface area contributed by atoms with Crippen molar-refractivity contribution in [2.24, 2.45) is 0 Å². The van der Waals surface area contributed by atoms with E-state index in [0.717, 1.165) is 0 Å². The Kier molecular flexibility index (Phi) is 5.60. The molecule has 0 atom stereocenters. The summed E-state index contributed by atoms with van der Waals surface area (Å²) in [5.74, 6) is 0.325. The zero-order valence-corrected chi connectivity index (χ0v) is 10.8. The SMILES string of the molecule is CCOc1cc(=O)n(-c2ccc(S(=O)(=O)O)cc2)[nH]1.[NaH]. The topological polar surface area (TPSA) is 101 Å².